The first-order chi connectivity index (χ1) is 4.13. The molecule has 2 nitrogen and oxygen atoms in total. The summed E-state index contributed by atoms with van der Waals surface area (Å²) >= 11 is 0. The lowest BCUT2D eigenvalue weighted by molar-refractivity contribution is -0.129. The summed E-state index contributed by atoms with van der Waals surface area (Å²) in [5.41, 5.74) is 5.25. The number of rotatable bonds is 4. The maximum atomic E-state index is 11.2. The predicted octanol–water partition coefficient (Wildman–Crippen LogP) is 1.38. The van der Waals surface area contributed by atoms with E-state index in [1.54, 1.807) is 6.92 Å². The third kappa shape index (κ3) is 10.9. The van der Waals surface area contributed by atoms with Crippen molar-refractivity contribution in [2.75, 3.05) is 6.61 Å². The molecule has 0 saturated heterocycles. The van der Waals surface area contributed by atoms with Crippen LogP contribution in [0.25, 0.3) is 0 Å². The van der Waals surface area contributed by atoms with Gasteiger partial charge in [0.1, 0.15) is 0 Å². The Kier molecular flexibility index (Phi) is 9.13. The fraction of sp³-hybridized carbons (Fsp3) is 1.00. The van der Waals surface area contributed by atoms with Gasteiger partial charge in [-0.2, -0.15) is 8.78 Å². The van der Waals surface area contributed by atoms with Crippen molar-refractivity contribution in [2.24, 2.45) is 5.73 Å². The van der Waals surface area contributed by atoms with Crippen molar-refractivity contribution in [3.05, 3.63) is 0 Å². The molecule has 0 aromatic heterocycles. The lowest BCUT2D eigenvalue weighted by atomic mass is 10.3. The van der Waals surface area contributed by atoms with E-state index in [0.717, 1.165) is 0 Å². The van der Waals surface area contributed by atoms with Crippen LogP contribution in [0.2, 0.25) is 0 Å². The first-order valence-corrected chi connectivity index (χ1v) is 2.78. The van der Waals surface area contributed by atoms with Crippen LogP contribution >= 0.6 is 12.4 Å². The molecule has 0 fully saturated rings. The highest BCUT2D eigenvalue weighted by Crippen LogP contribution is 1.96. The fourth-order valence-corrected chi connectivity index (χ4v) is 0.343. The number of halogens is 3. The molecule has 0 heterocycles. The molecule has 0 aliphatic heterocycles. The topological polar surface area (TPSA) is 35.2 Å². The molecule has 64 valence electrons. The van der Waals surface area contributed by atoms with Gasteiger partial charge in [0.2, 0.25) is 0 Å². The molecule has 0 aromatic carbocycles. The molecular formula is C5H12ClF2NO. The van der Waals surface area contributed by atoms with Gasteiger partial charge >= 0.3 is 6.61 Å². The van der Waals surface area contributed by atoms with E-state index >= 15 is 0 Å². The lowest BCUT2D eigenvalue weighted by Crippen LogP contribution is -2.18. The summed E-state index contributed by atoms with van der Waals surface area (Å²) in [7, 11) is 0. The predicted molar refractivity (Wildman–Crippen MR) is 37.5 cm³/mol. The number of hydrogen-bond donors (Lipinski definition) is 1. The molecule has 0 aliphatic rings. The van der Waals surface area contributed by atoms with Crippen molar-refractivity contribution < 1.29 is 13.5 Å². The number of alkyl halides is 2. The van der Waals surface area contributed by atoms with Gasteiger partial charge in [0.05, 0.1) is 6.61 Å². The Morgan fingerprint density at radius 3 is 2.30 bits per heavy atom. The van der Waals surface area contributed by atoms with Crippen LogP contribution < -0.4 is 5.73 Å². The van der Waals surface area contributed by atoms with Crippen molar-refractivity contribution >= 4 is 12.4 Å². The second kappa shape index (κ2) is 7.18. The van der Waals surface area contributed by atoms with E-state index in [9.17, 15) is 8.78 Å². The Bertz CT molecular complexity index is 64.7. The fourth-order valence-electron chi connectivity index (χ4n) is 0.343. The molecule has 2 N–H and O–H groups in total. The summed E-state index contributed by atoms with van der Waals surface area (Å²) in [6.45, 7) is -0.881. The molecule has 0 aliphatic carbocycles. The minimum atomic E-state index is -2.66. The molecule has 1 unspecified atom stereocenters. The van der Waals surface area contributed by atoms with E-state index in [1.807, 2.05) is 0 Å². The highest BCUT2D eigenvalue weighted by molar-refractivity contribution is 5.85. The van der Waals surface area contributed by atoms with Crippen molar-refractivity contribution in [1.82, 2.24) is 0 Å². The molecular weight excluding hydrogens is 164 g/mol. The summed E-state index contributed by atoms with van der Waals surface area (Å²) in [4.78, 5) is 0. The molecule has 1 atom stereocenters. The normalized spacial score (nSPS) is 12.9. The third-order valence-electron chi connectivity index (χ3n) is 0.817. The Balaban J connectivity index is 0. The van der Waals surface area contributed by atoms with E-state index in [1.165, 1.54) is 0 Å². The van der Waals surface area contributed by atoms with E-state index < -0.39 is 6.61 Å². The summed E-state index contributed by atoms with van der Waals surface area (Å²) < 4.78 is 26.4. The maximum Gasteiger partial charge on any atom is 0.345 e. The van der Waals surface area contributed by atoms with Crippen molar-refractivity contribution in [1.29, 1.82) is 0 Å². The summed E-state index contributed by atoms with van der Waals surface area (Å²) in [5.74, 6) is 0. The summed E-state index contributed by atoms with van der Waals surface area (Å²) in [5, 5.41) is 0. The zero-order valence-electron chi connectivity index (χ0n) is 5.72. The smallest absolute Gasteiger partial charge is 0.328 e. The van der Waals surface area contributed by atoms with Crippen molar-refractivity contribution in [3.8, 4) is 0 Å². The second-order valence-electron chi connectivity index (χ2n) is 1.90. The van der Waals surface area contributed by atoms with Gasteiger partial charge < -0.3 is 10.5 Å². The third-order valence-corrected chi connectivity index (χ3v) is 0.817. The van der Waals surface area contributed by atoms with Crippen LogP contribution in [0.15, 0.2) is 0 Å². The Labute approximate surface area is 65.1 Å². The van der Waals surface area contributed by atoms with E-state index in [-0.39, 0.29) is 25.1 Å². The van der Waals surface area contributed by atoms with Gasteiger partial charge in [-0.15, -0.1) is 12.4 Å². The van der Waals surface area contributed by atoms with E-state index in [2.05, 4.69) is 4.74 Å². The van der Waals surface area contributed by atoms with Crippen molar-refractivity contribution in [3.63, 3.8) is 0 Å². The average molecular weight is 176 g/mol. The largest absolute Gasteiger partial charge is 0.345 e. The van der Waals surface area contributed by atoms with Gasteiger partial charge in [0, 0.05) is 6.04 Å². The first-order valence-electron chi connectivity index (χ1n) is 2.78. The molecule has 0 saturated carbocycles. The molecule has 5 heteroatoms. The van der Waals surface area contributed by atoms with Gasteiger partial charge in [0.25, 0.3) is 0 Å². The Morgan fingerprint density at radius 2 is 2.00 bits per heavy atom. The van der Waals surface area contributed by atoms with Crippen LogP contribution in [0.4, 0.5) is 8.78 Å². The Hall–Kier alpha value is 0.0700. The number of ether oxygens (including phenoxy) is 1. The van der Waals surface area contributed by atoms with Gasteiger partial charge in [-0.05, 0) is 13.3 Å². The highest BCUT2D eigenvalue weighted by Gasteiger charge is 2.01. The van der Waals surface area contributed by atoms with Gasteiger partial charge in [-0.25, -0.2) is 0 Å². The first kappa shape index (κ1) is 12.7. The zero-order valence-corrected chi connectivity index (χ0v) is 6.54. The molecule has 10 heavy (non-hydrogen) atoms. The van der Waals surface area contributed by atoms with Gasteiger partial charge in [0.15, 0.2) is 0 Å². The van der Waals surface area contributed by atoms with Crippen LogP contribution in [0, 0.1) is 0 Å². The van der Waals surface area contributed by atoms with Crippen LogP contribution in [0.1, 0.15) is 13.3 Å². The van der Waals surface area contributed by atoms with Crippen molar-refractivity contribution in [2.45, 2.75) is 26.0 Å². The minimum absolute atomic E-state index is 0. The SMILES string of the molecule is CC(N)CCOC(F)F.Cl. The quantitative estimate of drug-likeness (QED) is 0.701. The molecule has 0 amide bonds. The van der Waals surface area contributed by atoms with E-state index in [0.29, 0.717) is 6.42 Å². The van der Waals surface area contributed by atoms with Gasteiger partial charge in [-0.3, -0.25) is 0 Å². The standard InChI is InChI=1S/C5H11F2NO.ClH/c1-4(8)2-3-9-5(6)7;/h4-5H,2-3,8H2,1H3;1H. The van der Waals surface area contributed by atoms with Crippen LogP contribution in [-0.4, -0.2) is 19.3 Å². The minimum Gasteiger partial charge on any atom is -0.328 e. The van der Waals surface area contributed by atoms with Gasteiger partial charge in [-0.1, -0.05) is 0 Å². The highest BCUT2D eigenvalue weighted by atomic mass is 35.5. The molecule has 0 bridgehead atoms. The maximum absolute atomic E-state index is 11.2. The Morgan fingerprint density at radius 1 is 1.50 bits per heavy atom. The summed E-state index contributed by atoms with van der Waals surface area (Å²) in [6.07, 6.45) is 0.477. The molecule has 0 spiro atoms. The van der Waals surface area contributed by atoms with Crippen LogP contribution in [0.3, 0.4) is 0 Å². The van der Waals surface area contributed by atoms with Crippen LogP contribution in [-0.2, 0) is 4.74 Å². The second-order valence-corrected chi connectivity index (χ2v) is 1.90. The lowest BCUT2D eigenvalue weighted by Gasteiger charge is -2.03. The van der Waals surface area contributed by atoms with Crippen LogP contribution in [0.5, 0.6) is 0 Å². The number of nitrogens with two attached hydrogens (primary N) is 1. The van der Waals surface area contributed by atoms with E-state index in [4.69, 9.17) is 5.73 Å². The molecule has 0 radical (unpaired) electrons. The monoisotopic (exact) mass is 175 g/mol. The molecule has 0 aromatic rings. The zero-order chi connectivity index (χ0) is 7.28. The summed E-state index contributed by atoms with van der Waals surface area (Å²) in [6, 6.07) is -0.0660. The average Bonchev–Trinajstić information content (AvgIpc) is 1.63. The molecule has 0 rings (SSSR count). The number of hydrogen-bond acceptors (Lipinski definition) is 2.